The standard InChI is InChI=1S/C16H29N5O2S/c1-6-17-16(20-13(2)9-11-24(5,22)23)19-12-14-8-7-10-18-15(14)21(3)4/h7-8,10,13H,6,9,11-12H2,1-5H3,(H2,17,19,20). The van der Waals surface area contributed by atoms with Gasteiger partial charge in [0.1, 0.15) is 15.7 Å². The molecule has 0 aliphatic rings. The van der Waals surface area contributed by atoms with Gasteiger partial charge in [-0.25, -0.2) is 18.4 Å². The van der Waals surface area contributed by atoms with E-state index in [2.05, 4.69) is 20.6 Å². The number of sulfone groups is 1. The average Bonchev–Trinajstić information content (AvgIpc) is 2.50. The van der Waals surface area contributed by atoms with Crippen LogP contribution in [0.15, 0.2) is 23.3 Å². The van der Waals surface area contributed by atoms with Gasteiger partial charge in [-0.15, -0.1) is 0 Å². The van der Waals surface area contributed by atoms with Crippen LogP contribution in [0.2, 0.25) is 0 Å². The highest BCUT2D eigenvalue weighted by atomic mass is 32.2. The van der Waals surface area contributed by atoms with Crippen molar-refractivity contribution in [2.45, 2.75) is 32.9 Å². The zero-order valence-corrected chi connectivity index (χ0v) is 16.0. The molecule has 136 valence electrons. The highest BCUT2D eigenvalue weighted by Gasteiger charge is 2.10. The minimum absolute atomic E-state index is 0.0137. The van der Waals surface area contributed by atoms with Crippen LogP contribution in [0.5, 0.6) is 0 Å². The number of pyridine rings is 1. The zero-order valence-electron chi connectivity index (χ0n) is 15.2. The summed E-state index contributed by atoms with van der Waals surface area (Å²) >= 11 is 0. The molecular formula is C16H29N5O2S. The Labute approximate surface area is 145 Å². The van der Waals surface area contributed by atoms with Crippen LogP contribution in [0, 0.1) is 0 Å². The molecule has 1 aromatic rings. The first-order valence-corrected chi connectivity index (χ1v) is 10.1. The molecule has 1 heterocycles. The molecule has 1 atom stereocenters. The lowest BCUT2D eigenvalue weighted by atomic mass is 10.2. The van der Waals surface area contributed by atoms with Crippen molar-refractivity contribution in [2.75, 3.05) is 37.5 Å². The van der Waals surface area contributed by atoms with Gasteiger partial charge in [0.25, 0.3) is 0 Å². The van der Waals surface area contributed by atoms with Crippen LogP contribution in [0.3, 0.4) is 0 Å². The van der Waals surface area contributed by atoms with Crippen molar-refractivity contribution in [3.05, 3.63) is 23.9 Å². The van der Waals surface area contributed by atoms with E-state index in [9.17, 15) is 8.42 Å². The van der Waals surface area contributed by atoms with Crippen molar-refractivity contribution in [1.29, 1.82) is 0 Å². The van der Waals surface area contributed by atoms with E-state index in [4.69, 9.17) is 0 Å². The monoisotopic (exact) mass is 355 g/mol. The summed E-state index contributed by atoms with van der Waals surface area (Å²) in [5.74, 6) is 1.72. The average molecular weight is 356 g/mol. The van der Waals surface area contributed by atoms with E-state index in [1.54, 1.807) is 6.20 Å². The van der Waals surface area contributed by atoms with Crippen LogP contribution in [-0.4, -0.2) is 58.1 Å². The van der Waals surface area contributed by atoms with Crippen LogP contribution in [-0.2, 0) is 16.4 Å². The third-order valence-electron chi connectivity index (χ3n) is 3.35. The molecule has 0 saturated carbocycles. The molecule has 0 aliphatic carbocycles. The van der Waals surface area contributed by atoms with Gasteiger partial charge in [-0.2, -0.15) is 0 Å². The Balaban J connectivity index is 2.75. The summed E-state index contributed by atoms with van der Waals surface area (Å²) in [6.45, 7) is 5.18. The largest absolute Gasteiger partial charge is 0.362 e. The van der Waals surface area contributed by atoms with Crippen molar-refractivity contribution >= 4 is 21.6 Å². The van der Waals surface area contributed by atoms with Gasteiger partial charge in [0, 0.05) is 44.7 Å². The van der Waals surface area contributed by atoms with E-state index in [1.807, 2.05) is 45.0 Å². The molecule has 0 aromatic carbocycles. The van der Waals surface area contributed by atoms with E-state index in [0.29, 0.717) is 18.9 Å². The minimum atomic E-state index is -2.95. The number of nitrogens with one attached hydrogen (secondary N) is 2. The molecule has 0 fully saturated rings. The number of aromatic nitrogens is 1. The van der Waals surface area contributed by atoms with Crippen molar-refractivity contribution in [3.8, 4) is 0 Å². The Morgan fingerprint density at radius 3 is 2.71 bits per heavy atom. The third kappa shape index (κ3) is 7.63. The smallest absolute Gasteiger partial charge is 0.191 e. The Morgan fingerprint density at radius 1 is 1.42 bits per heavy atom. The molecular weight excluding hydrogens is 326 g/mol. The first-order chi connectivity index (χ1) is 11.2. The predicted octanol–water partition coefficient (Wildman–Crippen LogP) is 1.03. The first kappa shape index (κ1) is 20.2. The number of hydrogen-bond acceptors (Lipinski definition) is 5. The van der Waals surface area contributed by atoms with Gasteiger partial charge in [0.05, 0.1) is 12.3 Å². The lowest BCUT2D eigenvalue weighted by molar-refractivity contribution is 0.581. The molecule has 0 spiro atoms. The number of guanidine groups is 1. The van der Waals surface area contributed by atoms with E-state index < -0.39 is 9.84 Å². The molecule has 0 amide bonds. The molecule has 1 aromatic heterocycles. The normalized spacial score (nSPS) is 13.5. The number of rotatable bonds is 8. The second kappa shape index (κ2) is 9.46. The highest BCUT2D eigenvalue weighted by molar-refractivity contribution is 7.90. The number of aliphatic imine (C=N–C) groups is 1. The molecule has 0 radical (unpaired) electrons. The number of anilines is 1. The Morgan fingerprint density at radius 2 is 2.12 bits per heavy atom. The lowest BCUT2D eigenvalue weighted by Gasteiger charge is -2.18. The van der Waals surface area contributed by atoms with Gasteiger partial charge in [-0.05, 0) is 26.3 Å². The second-order valence-electron chi connectivity index (χ2n) is 6.04. The fourth-order valence-electron chi connectivity index (χ4n) is 2.14. The molecule has 2 N–H and O–H groups in total. The van der Waals surface area contributed by atoms with Gasteiger partial charge in [0.2, 0.25) is 0 Å². The number of nitrogens with zero attached hydrogens (tertiary/aromatic N) is 3. The maximum absolute atomic E-state index is 11.3. The Bertz CT molecular complexity index is 644. The zero-order chi connectivity index (χ0) is 18.2. The second-order valence-corrected chi connectivity index (χ2v) is 8.30. The van der Waals surface area contributed by atoms with Crippen molar-refractivity contribution in [3.63, 3.8) is 0 Å². The third-order valence-corrected chi connectivity index (χ3v) is 4.32. The SMILES string of the molecule is CCNC(=NCc1cccnc1N(C)C)NC(C)CCS(C)(=O)=O. The van der Waals surface area contributed by atoms with Crippen LogP contribution < -0.4 is 15.5 Å². The molecule has 0 aliphatic heterocycles. The molecule has 1 unspecified atom stereocenters. The lowest BCUT2D eigenvalue weighted by Crippen LogP contribution is -2.42. The highest BCUT2D eigenvalue weighted by Crippen LogP contribution is 2.15. The van der Waals surface area contributed by atoms with Crippen LogP contribution in [0.4, 0.5) is 5.82 Å². The summed E-state index contributed by atoms with van der Waals surface area (Å²) in [6.07, 6.45) is 3.56. The summed E-state index contributed by atoms with van der Waals surface area (Å²) in [6, 6.07) is 3.91. The molecule has 7 nitrogen and oxygen atoms in total. The molecule has 8 heteroatoms. The quantitative estimate of drug-likeness (QED) is 0.535. The summed E-state index contributed by atoms with van der Waals surface area (Å²) < 4.78 is 22.5. The van der Waals surface area contributed by atoms with E-state index >= 15 is 0 Å². The molecule has 24 heavy (non-hydrogen) atoms. The number of hydrogen-bond donors (Lipinski definition) is 2. The fourth-order valence-corrected chi connectivity index (χ4v) is 2.92. The van der Waals surface area contributed by atoms with E-state index in [-0.39, 0.29) is 11.8 Å². The van der Waals surface area contributed by atoms with Gasteiger partial charge >= 0.3 is 0 Å². The van der Waals surface area contributed by atoms with Crippen LogP contribution in [0.1, 0.15) is 25.8 Å². The molecule has 0 bridgehead atoms. The van der Waals surface area contributed by atoms with Gasteiger partial charge < -0.3 is 15.5 Å². The van der Waals surface area contributed by atoms with E-state index in [0.717, 1.165) is 17.9 Å². The van der Waals surface area contributed by atoms with Crippen LogP contribution >= 0.6 is 0 Å². The topological polar surface area (TPSA) is 86.7 Å². The molecule has 1 rings (SSSR count). The van der Waals surface area contributed by atoms with Crippen molar-refractivity contribution < 1.29 is 8.42 Å². The predicted molar refractivity (Wildman–Crippen MR) is 100 cm³/mol. The summed E-state index contributed by atoms with van der Waals surface area (Å²) in [5.41, 5.74) is 1.03. The van der Waals surface area contributed by atoms with Crippen molar-refractivity contribution in [1.82, 2.24) is 15.6 Å². The molecule has 0 saturated heterocycles. The van der Waals surface area contributed by atoms with Gasteiger partial charge in [0.15, 0.2) is 5.96 Å². The van der Waals surface area contributed by atoms with Gasteiger partial charge in [-0.3, -0.25) is 0 Å². The van der Waals surface area contributed by atoms with Gasteiger partial charge in [-0.1, -0.05) is 6.07 Å². The maximum Gasteiger partial charge on any atom is 0.191 e. The van der Waals surface area contributed by atoms with Crippen molar-refractivity contribution in [2.24, 2.45) is 4.99 Å². The fraction of sp³-hybridized carbons (Fsp3) is 0.625. The summed E-state index contributed by atoms with van der Waals surface area (Å²) in [4.78, 5) is 10.9. The first-order valence-electron chi connectivity index (χ1n) is 8.06. The van der Waals surface area contributed by atoms with Crippen LogP contribution in [0.25, 0.3) is 0 Å². The summed E-state index contributed by atoms with van der Waals surface area (Å²) in [5, 5.41) is 6.43. The van der Waals surface area contributed by atoms with E-state index in [1.165, 1.54) is 6.26 Å². The minimum Gasteiger partial charge on any atom is -0.362 e. The maximum atomic E-state index is 11.3. The summed E-state index contributed by atoms with van der Waals surface area (Å²) in [7, 11) is 0.950. The Hall–Kier alpha value is -1.83. The Kier molecular flexibility index (Phi) is 7.97.